The molecule has 0 aliphatic rings. The van der Waals surface area contributed by atoms with Crippen molar-refractivity contribution in [1.82, 2.24) is 0 Å². The molecule has 3 aromatic carbocycles. The zero-order valence-corrected chi connectivity index (χ0v) is 17.8. The van der Waals surface area contributed by atoms with Gasteiger partial charge in [-0.1, -0.05) is 78.3 Å². The van der Waals surface area contributed by atoms with E-state index in [1.54, 1.807) is 66.7 Å². The molecule has 1 N–H and O–H groups in total. The van der Waals surface area contributed by atoms with Crippen molar-refractivity contribution >= 4 is 34.8 Å². The van der Waals surface area contributed by atoms with Gasteiger partial charge in [0.05, 0.1) is 0 Å². The Morgan fingerprint density at radius 2 is 1.45 bits per heavy atom. The van der Waals surface area contributed by atoms with Crippen LogP contribution in [0.5, 0.6) is 0 Å². The number of hydrogen-bond acceptors (Lipinski definition) is 5. The Bertz CT molecular complexity index is 1070. The van der Waals surface area contributed by atoms with Gasteiger partial charge in [0.15, 0.2) is 18.2 Å². The molecular formula is C25H22ClNO4. The lowest BCUT2D eigenvalue weighted by Gasteiger charge is -2.19. The molecule has 0 spiro atoms. The van der Waals surface area contributed by atoms with E-state index in [0.717, 1.165) is 5.56 Å². The van der Waals surface area contributed by atoms with Crippen molar-refractivity contribution in [3.63, 3.8) is 0 Å². The monoisotopic (exact) mass is 435 g/mol. The number of ketones is 2. The molecule has 0 saturated carbocycles. The Labute approximate surface area is 186 Å². The van der Waals surface area contributed by atoms with Gasteiger partial charge in [-0.15, -0.1) is 0 Å². The lowest BCUT2D eigenvalue weighted by molar-refractivity contribution is -0.143. The van der Waals surface area contributed by atoms with Gasteiger partial charge < -0.3 is 10.1 Å². The highest BCUT2D eigenvalue weighted by atomic mass is 35.5. The van der Waals surface area contributed by atoms with Gasteiger partial charge in [0, 0.05) is 28.3 Å². The van der Waals surface area contributed by atoms with Crippen LogP contribution in [0.25, 0.3) is 0 Å². The van der Waals surface area contributed by atoms with Crippen LogP contribution in [-0.4, -0.2) is 30.2 Å². The molecule has 0 heterocycles. The Kier molecular flexibility index (Phi) is 7.57. The number of carbonyl (C=O) groups is 3. The van der Waals surface area contributed by atoms with E-state index in [0.29, 0.717) is 21.8 Å². The van der Waals surface area contributed by atoms with Crippen LogP contribution in [0.4, 0.5) is 5.69 Å². The standard InChI is InChI=1S/C25H22ClNO4/c1-17-12-13-20(14-21(17)26)27-22(15-23(28)18-8-4-2-5-9-18)25(30)31-16-24(29)19-10-6-3-7-11-19/h2-14,22,27H,15-16H2,1H3/t22-/m0/s1. The van der Waals surface area contributed by atoms with E-state index in [1.165, 1.54) is 0 Å². The highest BCUT2D eigenvalue weighted by Crippen LogP contribution is 2.22. The summed E-state index contributed by atoms with van der Waals surface area (Å²) in [4.78, 5) is 37.7. The van der Waals surface area contributed by atoms with Gasteiger partial charge in [0.2, 0.25) is 0 Å². The third-order valence-corrected chi connectivity index (χ3v) is 5.13. The number of Topliss-reactive ketones (excluding diaryl/α,β-unsaturated/α-hetero) is 2. The topological polar surface area (TPSA) is 72.5 Å². The summed E-state index contributed by atoms with van der Waals surface area (Å²) in [5, 5.41) is 3.55. The predicted octanol–water partition coefficient (Wildman–Crippen LogP) is 5.13. The maximum Gasteiger partial charge on any atom is 0.329 e. The number of carbonyl (C=O) groups excluding carboxylic acids is 3. The van der Waals surface area contributed by atoms with E-state index in [2.05, 4.69) is 5.32 Å². The summed E-state index contributed by atoms with van der Waals surface area (Å²) in [6, 6.07) is 21.5. The first-order valence-electron chi connectivity index (χ1n) is 9.80. The van der Waals surface area contributed by atoms with Crippen LogP contribution >= 0.6 is 11.6 Å². The van der Waals surface area contributed by atoms with Gasteiger partial charge in [0.1, 0.15) is 6.04 Å². The maximum atomic E-state index is 12.8. The minimum Gasteiger partial charge on any atom is -0.456 e. The highest BCUT2D eigenvalue weighted by molar-refractivity contribution is 6.31. The molecular weight excluding hydrogens is 414 g/mol. The number of esters is 1. The first-order valence-corrected chi connectivity index (χ1v) is 10.2. The van der Waals surface area contributed by atoms with Crippen LogP contribution in [0.1, 0.15) is 32.7 Å². The van der Waals surface area contributed by atoms with E-state index < -0.39 is 18.6 Å². The second kappa shape index (κ2) is 10.5. The van der Waals surface area contributed by atoms with E-state index in [-0.39, 0.29) is 18.0 Å². The number of benzene rings is 3. The van der Waals surface area contributed by atoms with Crippen molar-refractivity contribution in [3.05, 3.63) is 101 Å². The molecule has 5 nitrogen and oxygen atoms in total. The second-order valence-corrected chi connectivity index (χ2v) is 7.46. The Balaban J connectivity index is 1.73. The Morgan fingerprint density at radius 1 is 0.871 bits per heavy atom. The summed E-state index contributed by atoms with van der Waals surface area (Å²) in [5.74, 6) is -1.23. The average Bonchev–Trinajstić information content (AvgIpc) is 2.80. The van der Waals surface area contributed by atoms with Crippen LogP contribution in [0.2, 0.25) is 5.02 Å². The van der Waals surface area contributed by atoms with Gasteiger partial charge in [0.25, 0.3) is 0 Å². The molecule has 0 aliphatic heterocycles. The van der Waals surface area contributed by atoms with Gasteiger partial charge in [-0.3, -0.25) is 9.59 Å². The predicted molar refractivity (Wildman–Crippen MR) is 121 cm³/mol. The fourth-order valence-corrected chi connectivity index (χ4v) is 3.13. The molecule has 0 aliphatic carbocycles. The van der Waals surface area contributed by atoms with Crippen molar-refractivity contribution in [1.29, 1.82) is 0 Å². The highest BCUT2D eigenvalue weighted by Gasteiger charge is 2.25. The molecule has 0 radical (unpaired) electrons. The van der Waals surface area contributed by atoms with E-state index in [4.69, 9.17) is 16.3 Å². The van der Waals surface area contributed by atoms with Crippen molar-refractivity contribution < 1.29 is 19.1 Å². The molecule has 0 saturated heterocycles. The number of nitrogens with one attached hydrogen (secondary N) is 1. The molecule has 158 valence electrons. The largest absolute Gasteiger partial charge is 0.456 e. The minimum atomic E-state index is -0.977. The van der Waals surface area contributed by atoms with Crippen LogP contribution in [0.3, 0.4) is 0 Å². The molecule has 0 unspecified atom stereocenters. The Hall–Kier alpha value is -3.44. The maximum absolute atomic E-state index is 12.8. The molecule has 3 aromatic rings. The molecule has 1 atom stereocenters. The number of rotatable bonds is 9. The normalized spacial score (nSPS) is 11.4. The summed E-state index contributed by atoms with van der Waals surface area (Å²) in [6.07, 6.45) is -0.131. The van der Waals surface area contributed by atoms with Crippen LogP contribution < -0.4 is 5.32 Å². The molecule has 0 amide bonds. The smallest absolute Gasteiger partial charge is 0.329 e. The summed E-state index contributed by atoms with van der Waals surface area (Å²) in [5.41, 5.74) is 2.41. The molecule has 31 heavy (non-hydrogen) atoms. The Morgan fingerprint density at radius 3 is 2.03 bits per heavy atom. The third-order valence-electron chi connectivity index (χ3n) is 4.72. The van der Waals surface area contributed by atoms with Gasteiger partial charge in [-0.2, -0.15) is 0 Å². The SMILES string of the molecule is Cc1ccc(N[C@@H](CC(=O)c2ccccc2)C(=O)OCC(=O)c2ccccc2)cc1Cl. The zero-order valence-electron chi connectivity index (χ0n) is 17.0. The molecule has 0 bridgehead atoms. The van der Waals surface area contributed by atoms with Crippen molar-refractivity contribution in [2.24, 2.45) is 0 Å². The van der Waals surface area contributed by atoms with Crippen molar-refractivity contribution in [2.75, 3.05) is 11.9 Å². The van der Waals surface area contributed by atoms with E-state index in [9.17, 15) is 14.4 Å². The zero-order chi connectivity index (χ0) is 22.2. The first-order chi connectivity index (χ1) is 14.9. The van der Waals surface area contributed by atoms with Crippen molar-refractivity contribution in [2.45, 2.75) is 19.4 Å². The summed E-state index contributed by atoms with van der Waals surface area (Å²) in [6.45, 7) is 1.46. The average molecular weight is 436 g/mol. The summed E-state index contributed by atoms with van der Waals surface area (Å²) < 4.78 is 5.25. The van der Waals surface area contributed by atoms with E-state index >= 15 is 0 Å². The molecule has 0 aromatic heterocycles. The summed E-state index contributed by atoms with van der Waals surface area (Å²) in [7, 11) is 0. The number of hydrogen-bond donors (Lipinski definition) is 1. The van der Waals surface area contributed by atoms with Gasteiger partial charge >= 0.3 is 5.97 Å². The number of anilines is 1. The lowest BCUT2D eigenvalue weighted by atomic mass is 10.0. The van der Waals surface area contributed by atoms with Gasteiger partial charge in [-0.25, -0.2) is 4.79 Å². The lowest BCUT2D eigenvalue weighted by Crippen LogP contribution is -2.34. The van der Waals surface area contributed by atoms with E-state index in [1.807, 2.05) is 19.1 Å². The molecule has 6 heteroatoms. The number of aryl methyl sites for hydroxylation is 1. The summed E-state index contributed by atoms with van der Waals surface area (Å²) >= 11 is 6.18. The fraction of sp³-hybridized carbons (Fsp3) is 0.160. The van der Waals surface area contributed by atoms with Crippen LogP contribution in [0, 0.1) is 6.92 Å². The first kappa shape index (κ1) is 22.2. The second-order valence-electron chi connectivity index (χ2n) is 7.05. The van der Waals surface area contributed by atoms with Crippen LogP contribution in [-0.2, 0) is 9.53 Å². The minimum absolute atomic E-state index is 0.131. The number of ether oxygens (including phenoxy) is 1. The number of halogens is 1. The van der Waals surface area contributed by atoms with Crippen LogP contribution in [0.15, 0.2) is 78.9 Å². The third kappa shape index (κ3) is 6.27. The van der Waals surface area contributed by atoms with Gasteiger partial charge in [-0.05, 0) is 24.6 Å². The quantitative estimate of drug-likeness (QED) is 0.372. The fourth-order valence-electron chi connectivity index (χ4n) is 2.95. The molecule has 0 fully saturated rings. The molecule has 3 rings (SSSR count). The van der Waals surface area contributed by atoms with Crippen molar-refractivity contribution in [3.8, 4) is 0 Å².